The van der Waals surface area contributed by atoms with E-state index in [0.29, 0.717) is 11.9 Å². The van der Waals surface area contributed by atoms with Gasteiger partial charge >= 0.3 is 0 Å². The molecule has 2 aromatic rings. The number of hydrogen-bond donors (Lipinski definition) is 1. The number of hydrogen-bond acceptors (Lipinski definition) is 5. The molecule has 0 aliphatic carbocycles. The standard InChI is InChI=1S/C13H13F2N3O3/c1-7(13-17-8(2)18-21-13)16-12(19)6-20-11-4-3-9(14)5-10(11)15/h3-5,7H,6H2,1-2H3,(H,16,19)/t7-/m0/s1. The highest BCUT2D eigenvalue weighted by atomic mass is 19.1. The number of ether oxygens (including phenoxy) is 1. The van der Waals surface area contributed by atoms with E-state index < -0.39 is 30.2 Å². The minimum atomic E-state index is -0.872. The SMILES string of the molecule is Cc1noc([C@H](C)NC(=O)COc2ccc(F)cc2F)n1. The third-order valence-corrected chi connectivity index (χ3v) is 2.54. The average molecular weight is 297 g/mol. The maximum absolute atomic E-state index is 13.3. The number of nitrogens with zero attached hydrogens (tertiary/aromatic N) is 2. The van der Waals surface area contributed by atoms with Gasteiger partial charge in [0.1, 0.15) is 11.9 Å². The lowest BCUT2D eigenvalue weighted by Crippen LogP contribution is -2.31. The molecular formula is C13H13F2N3O3. The zero-order valence-corrected chi connectivity index (χ0v) is 11.4. The van der Waals surface area contributed by atoms with Crippen LogP contribution < -0.4 is 10.1 Å². The van der Waals surface area contributed by atoms with Crippen LogP contribution in [-0.2, 0) is 4.79 Å². The van der Waals surface area contributed by atoms with Gasteiger partial charge < -0.3 is 14.6 Å². The Morgan fingerprint density at radius 3 is 2.86 bits per heavy atom. The average Bonchev–Trinajstić information content (AvgIpc) is 2.84. The van der Waals surface area contributed by atoms with E-state index in [1.165, 1.54) is 0 Å². The Hall–Kier alpha value is -2.51. The molecule has 2 rings (SSSR count). The smallest absolute Gasteiger partial charge is 0.258 e. The Labute approximate surface area is 119 Å². The zero-order valence-electron chi connectivity index (χ0n) is 11.4. The lowest BCUT2D eigenvalue weighted by molar-refractivity contribution is -0.123. The highest BCUT2D eigenvalue weighted by Crippen LogP contribution is 2.17. The summed E-state index contributed by atoms with van der Waals surface area (Å²) in [5.41, 5.74) is 0. The van der Waals surface area contributed by atoms with Crippen LogP contribution in [0.1, 0.15) is 24.7 Å². The van der Waals surface area contributed by atoms with Gasteiger partial charge in [-0.25, -0.2) is 8.78 Å². The molecule has 0 saturated carbocycles. The molecular weight excluding hydrogens is 284 g/mol. The molecule has 1 aromatic carbocycles. The van der Waals surface area contributed by atoms with Crippen molar-refractivity contribution in [2.75, 3.05) is 6.61 Å². The Morgan fingerprint density at radius 1 is 1.48 bits per heavy atom. The van der Waals surface area contributed by atoms with Gasteiger partial charge in [0.25, 0.3) is 5.91 Å². The predicted octanol–water partition coefficient (Wildman–Crippen LogP) is 1.91. The van der Waals surface area contributed by atoms with Crippen molar-refractivity contribution < 1.29 is 22.8 Å². The molecule has 112 valence electrons. The highest BCUT2D eigenvalue weighted by molar-refractivity contribution is 5.77. The molecule has 1 aromatic heterocycles. The Kier molecular flexibility index (Phi) is 4.46. The molecule has 8 heteroatoms. The van der Waals surface area contributed by atoms with E-state index in [2.05, 4.69) is 15.5 Å². The van der Waals surface area contributed by atoms with Crippen molar-refractivity contribution in [3.8, 4) is 5.75 Å². The topological polar surface area (TPSA) is 77.2 Å². The van der Waals surface area contributed by atoms with Crippen molar-refractivity contribution in [3.63, 3.8) is 0 Å². The first-order chi connectivity index (χ1) is 9.95. The number of aromatic nitrogens is 2. The largest absolute Gasteiger partial charge is 0.481 e. The monoisotopic (exact) mass is 297 g/mol. The van der Waals surface area contributed by atoms with Gasteiger partial charge in [-0.2, -0.15) is 4.98 Å². The summed E-state index contributed by atoms with van der Waals surface area (Å²) in [4.78, 5) is 15.6. The first-order valence-electron chi connectivity index (χ1n) is 6.13. The van der Waals surface area contributed by atoms with Gasteiger partial charge in [-0.15, -0.1) is 0 Å². The van der Waals surface area contributed by atoms with Crippen LogP contribution in [0.3, 0.4) is 0 Å². The Morgan fingerprint density at radius 2 is 2.24 bits per heavy atom. The van der Waals surface area contributed by atoms with Gasteiger partial charge in [-0.05, 0) is 26.0 Å². The molecule has 1 N–H and O–H groups in total. The van der Waals surface area contributed by atoms with E-state index in [-0.39, 0.29) is 11.6 Å². The van der Waals surface area contributed by atoms with Crippen LogP contribution in [0.15, 0.2) is 22.7 Å². The van der Waals surface area contributed by atoms with Crippen molar-refractivity contribution >= 4 is 5.91 Å². The third kappa shape index (κ3) is 3.98. The highest BCUT2D eigenvalue weighted by Gasteiger charge is 2.16. The van der Waals surface area contributed by atoms with E-state index in [9.17, 15) is 13.6 Å². The van der Waals surface area contributed by atoms with E-state index >= 15 is 0 Å². The second-order valence-electron chi connectivity index (χ2n) is 4.33. The predicted molar refractivity (Wildman–Crippen MR) is 67.4 cm³/mol. The molecule has 21 heavy (non-hydrogen) atoms. The molecule has 1 atom stereocenters. The van der Waals surface area contributed by atoms with Crippen LogP contribution in [0.4, 0.5) is 8.78 Å². The van der Waals surface area contributed by atoms with Crippen molar-refractivity contribution in [2.45, 2.75) is 19.9 Å². The quantitative estimate of drug-likeness (QED) is 0.912. The molecule has 0 saturated heterocycles. The molecule has 0 radical (unpaired) electrons. The lowest BCUT2D eigenvalue weighted by Gasteiger charge is -2.11. The molecule has 0 fully saturated rings. The molecule has 1 heterocycles. The fraction of sp³-hybridized carbons (Fsp3) is 0.308. The molecule has 0 unspecified atom stereocenters. The number of aryl methyl sites for hydroxylation is 1. The third-order valence-electron chi connectivity index (χ3n) is 2.54. The van der Waals surface area contributed by atoms with E-state index in [1.807, 2.05) is 0 Å². The molecule has 0 spiro atoms. The number of benzene rings is 1. The van der Waals surface area contributed by atoms with Gasteiger partial charge in [0.2, 0.25) is 5.89 Å². The van der Waals surface area contributed by atoms with Crippen molar-refractivity contribution in [3.05, 3.63) is 41.5 Å². The van der Waals surface area contributed by atoms with Crippen molar-refractivity contribution in [2.24, 2.45) is 0 Å². The number of halogens is 2. The number of nitrogens with one attached hydrogen (secondary N) is 1. The summed E-state index contributed by atoms with van der Waals surface area (Å²) in [6.45, 7) is 2.89. The summed E-state index contributed by atoms with van der Waals surface area (Å²) >= 11 is 0. The lowest BCUT2D eigenvalue weighted by atomic mass is 10.3. The maximum atomic E-state index is 13.3. The van der Waals surface area contributed by atoms with E-state index in [0.717, 1.165) is 12.1 Å². The summed E-state index contributed by atoms with van der Waals surface area (Å²) in [6.07, 6.45) is 0. The molecule has 1 amide bonds. The van der Waals surface area contributed by atoms with Crippen LogP contribution in [0.5, 0.6) is 5.75 Å². The number of carbonyl (C=O) groups excluding carboxylic acids is 1. The Balaban J connectivity index is 1.87. The summed E-state index contributed by atoms with van der Waals surface area (Å²) in [6, 6.07) is 2.33. The molecule has 0 aliphatic heterocycles. The fourth-order valence-electron chi connectivity index (χ4n) is 1.57. The molecule has 0 aliphatic rings. The number of amides is 1. The van der Waals surface area contributed by atoms with Gasteiger partial charge in [-0.1, -0.05) is 5.16 Å². The van der Waals surface area contributed by atoms with Crippen LogP contribution in [0, 0.1) is 18.6 Å². The van der Waals surface area contributed by atoms with Crippen LogP contribution in [-0.4, -0.2) is 22.7 Å². The van der Waals surface area contributed by atoms with Crippen LogP contribution in [0.2, 0.25) is 0 Å². The molecule has 0 bridgehead atoms. The van der Waals surface area contributed by atoms with Crippen molar-refractivity contribution in [1.82, 2.24) is 15.5 Å². The van der Waals surface area contributed by atoms with Crippen LogP contribution >= 0.6 is 0 Å². The van der Waals surface area contributed by atoms with E-state index in [1.54, 1.807) is 13.8 Å². The van der Waals surface area contributed by atoms with E-state index in [4.69, 9.17) is 9.26 Å². The summed E-state index contributed by atoms with van der Waals surface area (Å²) in [7, 11) is 0. The Bertz CT molecular complexity index is 645. The normalized spacial score (nSPS) is 12.0. The minimum absolute atomic E-state index is 0.201. The fourth-order valence-corrected chi connectivity index (χ4v) is 1.57. The maximum Gasteiger partial charge on any atom is 0.258 e. The van der Waals surface area contributed by atoms with Gasteiger partial charge in [0.15, 0.2) is 24.0 Å². The van der Waals surface area contributed by atoms with Gasteiger partial charge in [-0.3, -0.25) is 4.79 Å². The second-order valence-corrected chi connectivity index (χ2v) is 4.33. The minimum Gasteiger partial charge on any atom is -0.481 e. The summed E-state index contributed by atoms with van der Waals surface area (Å²) in [5, 5.41) is 6.16. The second kappa shape index (κ2) is 6.29. The van der Waals surface area contributed by atoms with Crippen molar-refractivity contribution in [1.29, 1.82) is 0 Å². The summed E-state index contributed by atoms with van der Waals surface area (Å²) in [5.74, 6) is -1.58. The zero-order chi connectivity index (χ0) is 15.4. The van der Waals surface area contributed by atoms with Gasteiger partial charge in [0.05, 0.1) is 0 Å². The van der Waals surface area contributed by atoms with Crippen LogP contribution in [0.25, 0.3) is 0 Å². The number of rotatable bonds is 5. The van der Waals surface area contributed by atoms with Gasteiger partial charge in [0, 0.05) is 6.07 Å². The first-order valence-corrected chi connectivity index (χ1v) is 6.13. The summed E-state index contributed by atoms with van der Waals surface area (Å²) < 4.78 is 35.9. The molecule has 6 nitrogen and oxygen atoms in total. The number of carbonyl (C=O) groups is 1. The first kappa shape index (κ1) is 14.9.